The van der Waals surface area contributed by atoms with E-state index >= 15 is 4.39 Å². The molecule has 2 aliphatic heterocycles. The summed E-state index contributed by atoms with van der Waals surface area (Å²) in [4.78, 5) is 13.7. The molecule has 0 N–H and O–H groups in total. The summed E-state index contributed by atoms with van der Waals surface area (Å²) >= 11 is 0. The Balaban J connectivity index is 1.55. The fourth-order valence-corrected chi connectivity index (χ4v) is 4.09. The first-order valence-corrected chi connectivity index (χ1v) is 11.7. The van der Waals surface area contributed by atoms with Crippen LogP contribution in [0.15, 0.2) is 18.5 Å². The number of pyridine rings is 1. The predicted octanol–water partition coefficient (Wildman–Crippen LogP) is 3.23. The Morgan fingerprint density at radius 2 is 1.94 bits per heavy atom. The highest BCUT2D eigenvalue weighted by Crippen LogP contribution is 2.37. The molecule has 35 heavy (non-hydrogen) atoms. The molecule has 11 heteroatoms. The van der Waals surface area contributed by atoms with Crippen molar-refractivity contribution in [3.63, 3.8) is 0 Å². The number of amides is 1. The Morgan fingerprint density at radius 1 is 1.29 bits per heavy atom. The summed E-state index contributed by atoms with van der Waals surface area (Å²) in [5.74, 6) is 0.350. The van der Waals surface area contributed by atoms with Crippen molar-refractivity contribution in [2.45, 2.75) is 77.4 Å². The van der Waals surface area contributed by atoms with E-state index in [1.165, 1.54) is 15.6 Å². The van der Waals surface area contributed by atoms with Gasteiger partial charge in [0.05, 0.1) is 41.2 Å². The number of nitrogens with zero attached hydrogens (tertiary/aromatic N) is 4. The van der Waals surface area contributed by atoms with Gasteiger partial charge in [-0.25, -0.2) is 13.7 Å². The molecule has 0 radical (unpaired) electrons. The number of aromatic nitrogens is 2. The Bertz CT molecular complexity index is 1170. The molecule has 2 saturated heterocycles. The van der Waals surface area contributed by atoms with E-state index in [0.717, 1.165) is 0 Å². The minimum Gasteiger partial charge on any atom is -0.489 e. The molecule has 9 nitrogen and oxygen atoms in total. The maximum absolute atomic E-state index is 15.5. The normalized spacial score (nSPS) is 23.5. The van der Waals surface area contributed by atoms with Crippen LogP contribution in [0.3, 0.4) is 0 Å². The quantitative estimate of drug-likeness (QED) is 0.612. The van der Waals surface area contributed by atoms with Gasteiger partial charge in [0.25, 0.3) is 0 Å². The number of halogens is 1. The van der Waals surface area contributed by atoms with Crippen LogP contribution in [0, 0.1) is 11.3 Å². The van der Waals surface area contributed by atoms with Gasteiger partial charge in [-0.2, -0.15) is 10.4 Å². The van der Waals surface area contributed by atoms with Crippen molar-refractivity contribution < 1.29 is 28.0 Å². The molecule has 2 aromatic rings. The molecule has 0 bridgehead atoms. The van der Waals surface area contributed by atoms with E-state index in [9.17, 15) is 10.1 Å². The number of ether oxygens (including phenoxy) is 2. The standard InChI is InChI=1S/C24H32BFN4O5/c1-21(2,3)33-20(31)29-9-8-24(26,14-29)15-32-17-10-18(19-16(11-27)12-28-30(19)13-17)25-34-22(4,5)23(6,7)35-25/h10,12-13H,8-9,14-15H2,1-7H3. The first-order chi connectivity index (χ1) is 16.1. The van der Waals surface area contributed by atoms with Crippen LogP contribution < -0.4 is 10.2 Å². The fourth-order valence-electron chi connectivity index (χ4n) is 4.09. The second-order valence-corrected chi connectivity index (χ2v) is 11.3. The number of likely N-dealkylation sites (tertiary alicyclic amines) is 1. The number of rotatable bonds is 4. The average molecular weight is 486 g/mol. The monoisotopic (exact) mass is 486 g/mol. The van der Waals surface area contributed by atoms with Crippen LogP contribution in [-0.4, -0.2) is 69.9 Å². The molecule has 4 rings (SSSR count). The lowest BCUT2D eigenvalue weighted by atomic mass is 9.78. The molecule has 1 amide bonds. The number of fused-ring (bicyclic) bond motifs is 1. The van der Waals surface area contributed by atoms with Gasteiger partial charge in [0, 0.05) is 18.4 Å². The van der Waals surface area contributed by atoms with E-state index in [1.54, 1.807) is 33.0 Å². The number of hydrogen-bond donors (Lipinski definition) is 0. The van der Waals surface area contributed by atoms with E-state index in [2.05, 4.69) is 11.2 Å². The summed E-state index contributed by atoms with van der Waals surface area (Å²) in [5.41, 5.74) is -2.06. The summed E-state index contributed by atoms with van der Waals surface area (Å²) in [6, 6.07) is 3.84. The van der Waals surface area contributed by atoms with Crippen molar-refractivity contribution in [3.8, 4) is 11.8 Å². The van der Waals surface area contributed by atoms with Crippen molar-refractivity contribution in [1.29, 1.82) is 5.26 Å². The maximum Gasteiger partial charge on any atom is 0.497 e. The predicted molar refractivity (Wildman–Crippen MR) is 127 cm³/mol. The Hall–Kier alpha value is -2.84. The lowest BCUT2D eigenvalue weighted by Crippen LogP contribution is -2.41. The molecule has 2 aromatic heterocycles. The minimum atomic E-state index is -1.72. The average Bonchev–Trinajstić information content (AvgIpc) is 3.39. The van der Waals surface area contributed by atoms with Crippen LogP contribution in [-0.2, 0) is 14.0 Å². The Morgan fingerprint density at radius 3 is 2.54 bits per heavy atom. The van der Waals surface area contributed by atoms with Crippen molar-refractivity contribution in [2.75, 3.05) is 19.7 Å². The zero-order chi connectivity index (χ0) is 25.8. The number of alkyl halides is 1. The smallest absolute Gasteiger partial charge is 0.489 e. The van der Waals surface area contributed by atoms with E-state index in [-0.39, 0.29) is 26.1 Å². The largest absolute Gasteiger partial charge is 0.497 e. The minimum absolute atomic E-state index is 0.116. The Labute approximate surface area is 205 Å². The van der Waals surface area contributed by atoms with Gasteiger partial charge >= 0.3 is 13.2 Å². The second-order valence-electron chi connectivity index (χ2n) is 11.3. The van der Waals surface area contributed by atoms with Crippen LogP contribution in [0.1, 0.15) is 60.5 Å². The lowest BCUT2D eigenvalue weighted by Gasteiger charge is -2.32. The SMILES string of the molecule is CC(C)(C)OC(=O)N1CCC(F)(COc2cc(B3OC(C)(C)C(C)(C)O3)c3c(C#N)cnn3c2)C1. The first kappa shape index (κ1) is 25.3. The maximum atomic E-state index is 15.5. The summed E-state index contributed by atoms with van der Waals surface area (Å²) in [7, 11) is -0.761. The van der Waals surface area contributed by atoms with Crippen molar-refractivity contribution in [1.82, 2.24) is 14.5 Å². The summed E-state index contributed by atoms with van der Waals surface area (Å²) in [6.07, 6.45) is 2.65. The highest BCUT2D eigenvalue weighted by molar-refractivity contribution is 6.64. The first-order valence-electron chi connectivity index (χ1n) is 11.7. The van der Waals surface area contributed by atoms with E-state index in [4.69, 9.17) is 18.8 Å². The molecule has 0 saturated carbocycles. The zero-order valence-electron chi connectivity index (χ0n) is 21.3. The van der Waals surface area contributed by atoms with Gasteiger partial charge in [0.15, 0.2) is 5.67 Å². The van der Waals surface area contributed by atoms with E-state index in [0.29, 0.717) is 22.3 Å². The summed E-state index contributed by atoms with van der Waals surface area (Å²) in [5, 5.41) is 13.8. The number of carbonyl (C=O) groups excluding carboxylic acids is 1. The van der Waals surface area contributed by atoms with Crippen molar-refractivity contribution >= 4 is 24.2 Å². The zero-order valence-corrected chi connectivity index (χ0v) is 21.3. The fraction of sp³-hybridized carbons (Fsp3) is 0.625. The van der Waals surface area contributed by atoms with Gasteiger partial charge < -0.3 is 23.7 Å². The van der Waals surface area contributed by atoms with E-state index < -0.39 is 35.7 Å². The molecule has 188 valence electrons. The van der Waals surface area contributed by atoms with Gasteiger partial charge in [0.1, 0.15) is 24.0 Å². The van der Waals surface area contributed by atoms with Crippen LogP contribution in [0.4, 0.5) is 9.18 Å². The van der Waals surface area contributed by atoms with Crippen LogP contribution in [0.2, 0.25) is 0 Å². The summed E-state index contributed by atoms with van der Waals surface area (Å²) < 4.78 is 40.7. The highest BCUT2D eigenvalue weighted by Gasteiger charge is 2.52. The van der Waals surface area contributed by atoms with Gasteiger partial charge in [0.2, 0.25) is 0 Å². The molecule has 1 atom stereocenters. The van der Waals surface area contributed by atoms with Gasteiger partial charge in [-0.3, -0.25) is 0 Å². The number of hydrogen-bond acceptors (Lipinski definition) is 7. The molecule has 4 heterocycles. The number of carbonyl (C=O) groups is 1. The lowest BCUT2D eigenvalue weighted by molar-refractivity contribution is 0.00578. The third kappa shape index (κ3) is 4.95. The summed E-state index contributed by atoms with van der Waals surface area (Å²) in [6.45, 7) is 12.9. The molecular formula is C24H32BFN4O5. The molecule has 2 fully saturated rings. The molecule has 1 unspecified atom stereocenters. The molecular weight excluding hydrogens is 454 g/mol. The van der Waals surface area contributed by atoms with Gasteiger partial charge in [-0.1, -0.05) is 0 Å². The van der Waals surface area contributed by atoms with E-state index in [1.807, 2.05) is 27.7 Å². The second kappa shape index (κ2) is 8.38. The van der Waals surface area contributed by atoms with Crippen molar-refractivity contribution in [2.24, 2.45) is 0 Å². The third-order valence-electron chi connectivity index (χ3n) is 6.70. The number of nitriles is 1. The van der Waals surface area contributed by atoms with Crippen LogP contribution in [0.5, 0.6) is 5.75 Å². The molecule has 0 spiro atoms. The van der Waals surface area contributed by atoms with Crippen molar-refractivity contribution in [3.05, 3.63) is 24.0 Å². The molecule has 2 aliphatic rings. The van der Waals surface area contributed by atoms with Crippen LogP contribution >= 0.6 is 0 Å². The Kier molecular flexibility index (Phi) is 6.05. The van der Waals surface area contributed by atoms with Gasteiger partial charge in [-0.15, -0.1) is 0 Å². The topological polar surface area (TPSA) is 98.3 Å². The molecule has 0 aliphatic carbocycles. The molecule has 0 aromatic carbocycles. The highest BCUT2D eigenvalue weighted by atomic mass is 19.1. The third-order valence-corrected chi connectivity index (χ3v) is 6.70. The van der Waals surface area contributed by atoms with Gasteiger partial charge in [-0.05, 0) is 54.5 Å². The van der Waals surface area contributed by atoms with Crippen LogP contribution in [0.25, 0.3) is 5.52 Å².